The smallest absolute Gasteiger partial charge is 0.406 e. The third kappa shape index (κ3) is 3.91. The molecule has 2 heterocycles. The highest BCUT2D eigenvalue weighted by Gasteiger charge is 2.52. The first-order valence-corrected chi connectivity index (χ1v) is 10.2. The van der Waals surface area contributed by atoms with Gasteiger partial charge in [0.15, 0.2) is 0 Å². The number of nitrogens with zero attached hydrogens (tertiary/aromatic N) is 2. The Hall–Kier alpha value is -1.81. The molecule has 0 saturated carbocycles. The second kappa shape index (κ2) is 6.97. The number of carbonyl (C=O) groups is 1. The van der Waals surface area contributed by atoms with E-state index in [-0.39, 0.29) is 23.9 Å². The molecule has 10 heteroatoms. The first-order valence-electron chi connectivity index (χ1n) is 8.73. The van der Waals surface area contributed by atoms with Gasteiger partial charge in [0.2, 0.25) is 15.9 Å². The van der Waals surface area contributed by atoms with Crippen LogP contribution in [0.15, 0.2) is 29.2 Å². The molecule has 1 aromatic rings. The largest absolute Gasteiger partial charge is 0.573 e. The maximum absolute atomic E-state index is 12.8. The molecule has 0 aliphatic carbocycles. The lowest BCUT2D eigenvalue weighted by Gasteiger charge is -2.23. The molecule has 1 spiro atoms. The monoisotopic (exact) mass is 406 g/mol. The predicted octanol–water partition coefficient (Wildman–Crippen LogP) is 2.61. The zero-order chi connectivity index (χ0) is 19.9. The Bertz CT molecular complexity index is 810. The van der Waals surface area contributed by atoms with E-state index in [9.17, 15) is 26.4 Å². The number of hydrogen-bond acceptors (Lipinski definition) is 4. The van der Waals surface area contributed by atoms with Crippen LogP contribution in [0.5, 0.6) is 5.75 Å². The molecule has 6 nitrogen and oxygen atoms in total. The minimum Gasteiger partial charge on any atom is -0.406 e. The van der Waals surface area contributed by atoms with Crippen molar-refractivity contribution in [2.75, 3.05) is 26.2 Å². The van der Waals surface area contributed by atoms with Crippen LogP contribution in [0.4, 0.5) is 13.2 Å². The van der Waals surface area contributed by atoms with Crippen LogP contribution in [0, 0.1) is 5.41 Å². The van der Waals surface area contributed by atoms with Crippen LogP contribution in [0.2, 0.25) is 0 Å². The van der Waals surface area contributed by atoms with Gasteiger partial charge in [0.05, 0.1) is 10.3 Å². The summed E-state index contributed by atoms with van der Waals surface area (Å²) in [4.78, 5) is 14.3. The topological polar surface area (TPSA) is 66.9 Å². The van der Waals surface area contributed by atoms with Crippen LogP contribution >= 0.6 is 0 Å². The molecule has 27 heavy (non-hydrogen) atoms. The Morgan fingerprint density at radius 3 is 2.37 bits per heavy atom. The molecule has 0 N–H and O–H groups in total. The lowest BCUT2D eigenvalue weighted by atomic mass is 9.86. The van der Waals surface area contributed by atoms with Gasteiger partial charge in [-0.1, -0.05) is 6.92 Å². The first kappa shape index (κ1) is 19.9. The summed E-state index contributed by atoms with van der Waals surface area (Å²) in [5.74, 6) is -0.489. The van der Waals surface area contributed by atoms with Crippen LogP contribution < -0.4 is 4.74 Å². The summed E-state index contributed by atoms with van der Waals surface area (Å²) in [6.07, 6.45) is -2.91. The number of alkyl halides is 3. The van der Waals surface area contributed by atoms with Crippen LogP contribution in [0.3, 0.4) is 0 Å². The highest BCUT2D eigenvalue weighted by molar-refractivity contribution is 7.89. The highest BCUT2D eigenvalue weighted by atomic mass is 32.2. The number of benzene rings is 1. The van der Waals surface area contributed by atoms with Gasteiger partial charge in [-0.25, -0.2) is 8.42 Å². The maximum atomic E-state index is 12.8. The molecule has 1 amide bonds. The summed E-state index contributed by atoms with van der Waals surface area (Å²) in [6, 6.07) is 4.11. The summed E-state index contributed by atoms with van der Waals surface area (Å²) in [5.41, 5.74) is -0.679. The zero-order valence-electron chi connectivity index (χ0n) is 14.8. The minimum atomic E-state index is -4.84. The van der Waals surface area contributed by atoms with E-state index < -0.39 is 27.6 Å². The molecular weight excluding hydrogens is 385 g/mol. The lowest BCUT2D eigenvalue weighted by molar-refractivity contribution is -0.274. The Labute approximate surface area is 155 Å². The van der Waals surface area contributed by atoms with Gasteiger partial charge in [-0.05, 0) is 43.5 Å². The number of ether oxygens (including phenoxy) is 1. The number of likely N-dealkylation sites (tertiary alicyclic amines) is 1. The molecule has 2 fully saturated rings. The lowest BCUT2D eigenvalue weighted by Crippen LogP contribution is -2.38. The third-order valence-electron chi connectivity index (χ3n) is 5.11. The first-order chi connectivity index (χ1) is 12.6. The molecule has 0 bridgehead atoms. The minimum absolute atomic E-state index is 0.00373. The second-order valence-corrected chi connectivity index (χ2v) is 8.87. The van der Waals surface area contributed by atoms with E-state index in [1.807, 2.05) is 6.92 Å². The third-order valence-corrected chi connectivity index (χ3v) is 6.97. The van der Waals surface area contributed by atoms with E-state index in [1.54, 1.807) is 4.90 Å². The number of sulfonamides is 1. The van der Waals surface area contributed by atoms with E-state index in [0.29, 0.717) is 25.9 Å². The molecule has 1 aromatic carbocycles. The Morgan fingerprint density at radius 1 is 1.15 bits per heavy atom. The maximum Gasteiger partial charge on any atom is 0.573 e. The molecule has 3 rings (SSSR count). The SMILES string of the molecule is CCCN1CCC2(CCN(S(=O)(=O)c3ccc(OC(F)(F)F)cc3)C2)C1=O. The second-order valence-electron chi connectivity index (χ2n) is 6.93. The van der Waals surface area contributed by atoms with Crippen LogP contribution in [-0.4, -0.2) is 56.1 Å². The molecular formula is C17H21F3N2O4S. The fourth-order valence-corrected chi connectivity index (χ4v) is 5.28. The van der Waals surface area contributed by atoms with Gasteiger partial charge in [-0.15, -0.1) is 13.2 Å². The normalized spacial score (nSPS) is 24.1. The zero-order valence-corrected chi connectivity index (χ0v) is 15.6. The highest BCUT2D eigenvalue weighted by Crippen LogP contribution is 2.42. The summed E-state index contributed by atoms with van der Waals surface area (Å²) >= 11 is 0. The Morgan fingerprint density at radius 2 is 1.78 bits per heavy atom. The van der Waals surface area contributed by atoms with E-state index in [2.05, 4.69) is 4.74 Å². The molecule has 2 saturated heterocycles. The van der Waals surface area contributed by atoms with Gasteiger partial charge in [0, 0.05) is 26.2 Å². The van der Waals surface area contributed by atoms with Gasteiger partial charge in [-0.2, -0.15) is 4.31 Å². The molecule has 2 aliphatic heterocycles. The van der Waals surface area contributed by atoms with E-state index in [4.69, 9.17) is 0 Å². The number of carbonyl (C=O) groups excluding carboxylic acids is 1. The number of amides is 1. The van der Waals surface area contributed by atoms with Crippen LogP contribution in [0.1, 0.15) is 26.2 Å². The van der Waals surface area contributed by atoms with Gasteiger partial charge >= 0.3 is 6.36 Å². The summed E-state index contributed by atoms with van der Waals surface area (Å²) in [6.45, 7) is 3.60. The van der Waals surface area contributed by atoms with Crippen molar-refractivity contribution in [2.45, 2.75) is 37.4 Å². The summed E-state index contributed by atoms with van der Waals surface area (Å²) in [5, 5.41) is 0. The van der Waals surface area contributed by atoms with Gasteiger partial charge in [0.25, 0.3) is 0 Å². The number of rotatable bonds is 5. The quantitative estimate of drug-likeness (QED) is 0.754. The molecule has 150 valence electrons. The van der Waals surface area contributed by atoms with Crippen LogP contribution in [0.25, 0.3) is 0 Å². The van der Waals surface area contributed by atoms with Crippen molar-refractivity contribution in [1.29, 1.82) is 0 Å². The molecule has 2 aliphatic rings. The average molecular weight is 406 g/mol. The van der Waals surface area contributed by atoms with Gasteiger partial charge in [0.1, 0.15) is 5.75 Å². The fourth-order valence-electron chi connectivity index (χ4n) is 3.76. The van der Waals surface area contributed by atoms with E-state index in [1.165, 1.54) is 4.31 Å². The van der Waals surface area contributed by atoms with Crippen molar-refractivity contribution < 1.29 is 31.1 Å². The number of hydrogen-bond donors (Lipinski definition) is 0. The standard InChI is InChI=1S/C17H21F3N2O4S/c1-2-9-21-10-7-16(15(21)23)8-11-22(12-16)27(24,25)14-5-3-13(4-6-14)26-17(18,19)20/h3-6H,2,7-12H2,1H3. The van der Waals surface area contributed by atoms with Gasteiger partial charge in [-0.3, -0.25) is 4.79 Å². The molecule has 1 atom stereocenters. The average Bonchev–Trinajstić information content (AvgIpc) is 3.15. The van der Waals surface area contributed by atoms with Crippen LogP contribution in [-0.2, 0) is 14.8 Å². The van der Waals surface area contributed by atoms with E-state index >= 15 is 0 Å². The Kier molecular flexibility index (Phi) is 5.15. The summed E-state index contributed by atoms with van der Waals surface area (Å²) in [7, 11) is -3.89. The van der Waals surface area contributed by atoms with Crippen molar-refractivity contribution in [3.8, 4) is 5.75 Å². The molecule has 1 unspecified atom stereocenters. The van der Waals surface area contributed by atoms with E-state index in [0.717, 1.165) is 30.7 Å². The number of halogens is 3. The van der Waals surface area contributed by atoms with Crippen molar-refractivity contribution >= 4 is 15.9 Å². The predicted molar refractivity (Wildman–Crippen MR) is 90.4 cm³/mol. The Balaban J connectivity index is 1.74. The van der Waals surface area contributed by atoms with Crippen molar-refractivity contribution in [1.82, 2.24) is 9.21 Å². The van der Waals surface area contributed by atoms with Crippen molar-refractivity contribution in [2.24, 2.45) is 5.41 Å². The van der Waals surface area contributed by atoms with Gasteiger partial charge < -0.3 is 9.64 Å². The van der Waals surface area contributed by atoms with Crippen molar-refractivity contribution in [3.05, 3.63) is 24.3 Å². The molecule has 0 radical (unpaired) electrons. The molecule has 0 aromatic heterocycles. The summed E-state index contributed by atoms with van der Waals surface area (Å²) < 4.78 is 67.3. The fraction of sp³-hybridized carbons (Fsp3) is 0.588. The van der Waals surface area contributed by atoms with Crippen molar-refractivity contribution in [3.63, 3.8) is 0 Å².